The molecule has 2 aliphatic carbocycles. The zero-order chi connectivity index (χ0) is 14.3. The Kier molecular flexibility index (Phi) is 3.54. The smallest absolute Gasteiger partial charge is 0.254 e. The monoisotopic (exact) mass is 292 g/mol. The third-order valence-corrected chi connectivity index (χ3v) is 5.32. The van der Waals surface area contributed by atoms with Crippen LogP contribution in [0.25, 0.3) is 0 Å². The lowest BCUT2D eigenvalue weighted by atomic mass is 9.88. The maximum Gasteiger partial charge on any atom is 0.254 e. The van der Waals surface area contributed by atoms with Crippen LogP contribution in [0.15, 0.2) is 0 Å². The number of thiophene rings is 1. The second-order valence-corrected chi connectivity index (χ2v) is 7.00. The molecule has 5 heteroatoms. The fraction of sp³-hybridized carbons (Fsp3) is 0.600. The molecule has 0 aromatic carbocycles. The lowest BCUT2D eigenvalue weighted by molar-refractivity contribution is -0.117. The van der Waals surface area contributed by atoms with Gasteiger partial charge in [0.05, 0.1) is 5.56 Å². The number of hydrogen-bond donors (Lipinski definition) is 2. The minimum atomic E-state index is -0.0804. The second kappa shape index (κ2) is 5.20. The Balaban J connectivity index is 1.94. The quantitative estimate of drug-likeness (QED) is 0.899. The van der Waals surface area contributed by atoms with E-state index < -0.39 is 0 Å². The van der Waals surface area contributed by atoms with E-state index in [1.165, 1.54) is 4.88 Å². The van der Waals surface area contributed by atoms with Crippen molar-refractivity contribution in [2.45, 2.75) is 39.0 Å². The molecule has 1 saturated carbocycles. The van der Waals surface area contributed by atoms with E-state index in [1.54, 1.807) is 18.4 Å². The molecule has 1 heterocycles. The first-order valence-corrected chi connectivity index (χ1v) is 8.09. The predicted molar refractivity (Wildman–Crippen MR) is 80.3 cm³/mol. The molecule has 1 atom stereocenters. The number of nitrogens with one attached hydrogen (secondary N) is 2. The van der Waals surface area contributed by atoms with Gasteiger partial charge >= 0.3 is 0 Å². The lowest BCUT2D eigenvalue weighted by Gasteiger charge is -2.18. The van der Waals surface area contributed by atoms with E-state index in [9.17, 15) is 9.59 Å². The molecule has 2 aliphatic rings. The Labute approximate surface area is 122 Å². The van der Waals surface area contributed by atoms with Crippen LogP contribution in [0.3, 0.4) is 0 Å². The molecule has 3 rings (SSSR count). The molecule has 0 unspecified atom stereocenters. The molecule has 4 nitrogen and oxygen atoms in total. The van der Waals surface area contributed by atoms with Crippen LogP contribution in [-0.4, -0.2) is 18.9 Å². The third kappa shape index (κ3) is 2.46. The van der Waals surface area contributed by atoms with E-state index in [-0.39, 0.29) is 17.7 Å². The van der Waals surface area contributed by atoms with Crippen LogP contribution in [-0.2, 0) is 17.6 Å². The zero-order valence-electron chi connectivity index (χ0n) is 11.9. The first-order valence-electron chi connectivity index (χ1n) is 7.27. The summed E-state index contributed by atoms with van der Waals surface area (Å²) in [7, 11) is 1.64. The summed E-state index contributed by atoms with van der Waals surface area (Å²) in [5, 5.41) is 6.43. The molecule has 2 N–H and O–H groups in total. The zero-order valence-corrected chi connectivity index (χ0v) is 12.7. The maximum atomic E-state index is 12.2. The second-order valence-electron chi connectivity index (χ2n) is 5.90. The summed E-state index contributed by atoms with van der Waals surface area (Å²) in [4.78, 5) is 25.4. The van der Waals surface area contributed by atoms with E-state index in [0.717, 1.165) is 42.7 Å². The van der Waals surface area contributed by atoms with Gasteiger partial charge in [-0.05, 0) is 43.6 Å². The van der Waals surface area contributed by atoms with Crippen LogP contribution in [0.4, 0.5) is 5.00 Å². The van der Waals surface area contributed by atoms with E-state index in [0.29, 0.717) is 11.5 Å². The van der Waals surface area contributed by atoms with Gasteiger partial charge in [-0.25, -0.2) is 0 Å². The molecule has 108 valence electrons. The van der Waals surface area contributed by atoms with Crippen LogP contribution < -0.4 is 10.6 Å². The average molecular weight is 292 g/mol. The van der Waals surface area contributed by atoms with Gasteiger partial charge in [0.15, 0.2) is 0 Å². The molecular formula is C15H20N2O2S. The van der Waals surface area contributed by atoms with Crippen molar-refractivity contribution >= 4 is 28.2 Å². The Morgan fingerprint density at radius 3 is 2.65 bits per heavy atom. The fourth-order valence-electron chi connectivity index (χ4n) is 2.76. The first kappa shape index (κ1) is 13.6. The summed E-state index contributed by atoms with van der Waals surface area (Å²) in [6.45, 7) is 2.24. The highest BCUT2D eigenvalue weighted by molar-refractivity contribution is 7.17. The number of carbonyl (C=O) groups is 2. The number of anilines is 1. The molecule has 1 aromatic rings. The van der Waals surface area contributed by atoms with Gasteiger partial charge in [0.25, 0.3) is 5.91 Å². The number of amides is 2. The Hall–Kier alpha value is -1.36. The molecular weight excluding hydrogens is 272 g/mol. The summed E-state index contributed by atoms with van der Waals surface area (Å²) >= 11 is 1.59. The minimum Gasteiger partial charge on any atom is -0.355 e. The van der Waals surface area contributed by atoms with Gasteiger partial charge in [-0.3, -0.25) is 9.59 Å². The van der Waals surface area contributed by atoms with Crippen LogP contribution in [0, 0.1) is 11.8 Å². The summed E-state index contributed by atoms with van der Waals surface area (Å²) in [6.07, 6.45) is 5.02. The van der Waals surface area contributed by atoms with Gasteiger partial charge in [0, 0.05) is 17.8 Å². The van der Waals surface area contributed by atoms with Crippen molar-refractivity contribution in [2.75, 3.05) is 12.4 Å². The highest BCUT2D eigenvalue weighted by Gasteiger charge is 2.33. The van der Waals surface area contributed by atoms with E-state index >= 15 is 0 Å². The molecule has 0 saturated heterocycles. The van der Waals surface area contributed by atoms with Crippen molar-refractivity contribution in [2.24, 2.45) is 11.8 Å². The number of fused-ring (bicyclic) bond motifs is 1. The van der Waals surface area contributed by atoms with Crippen LogP contribution in [0.1, 0.15) is 47.0 Å². The fourth-order valence-corrected chi connectivity index (χ4v) is 4.17. The normalized spacial score (nSPS) is 21.2. The molecule has 0 radical (unpaired) electrons. The summed E-state index contributed by atoms with van der Waals surface area (Å²) in [5.74, 6) is 0.807. The van der Waals surface area contributed by atoms with Gasteiger partial charge in [-0.2, -0.15) is 0 Å². The first-order chi connectivity index (χ1) is 9.60. The standard InChI is InChI=1S/C15H20N2O2S/c1-8-3-6-10-11(7-8)20-15(12(10)14(19)16-2)17-13(18)9-4-5-9/h8-9H,3-7H2,1-2H3,(H,16,19)(H,17,18)/t8-/m1/s1. The van der Waals surface area contributed by atoms with E-state index in [1.807, 2.05) is 0 Å². The third-order valence-electron chi connectivity index (χ3n) is 4.15. The van der Waals surface area contributed by atoms with Gasteiger partial charge in [0.2, 0.25) is 5.91 Å². The molecule has 0 bridgehead atoms. The van der Waals surface area contributed by atoms with E-state index in [4.69, 9.17) is 0 Å². The lowest BCUT2D eigenvalue weighted by Crippen LogP contribution is -2.23. The van der Waals surface area contributed by atoms with Crippen molar-refractivity contribution in [3.8, 4) is 0 Å². The summed E-state index contributed by atoms with van der Waals surface area (Å²) < 4.78 is 0. The van der Waals surface area contributed by atoms with Gasteiger partial charge in [-0.15, -0.1) is 11.3 Å². The Morgan fingerprint density at radius 2 is 2.00 bits per heavy atom. The predicted octanol–water partition coefficient (Wildman–Crippen LogP) is 2.58. The highest BCUT2D eigenvalue weighted by atomic mass is 32.1. The van der Waals surface area contributed by atoms with Gasteiger partial charge in [-0.1, -0.05) is 6.92 Å². The number of hydrogen-bond acceptors (Lipinski definition) is 3. The SMILES string of the molecule is CNC(=O)c1c(NC(=O)C2CC2)sc2c1CC[C@@H](C)C2. The molecule has 0 aliphatic heterocycles. The molecule has 1 aromatic heterocycles. The largest absolute Gasteiger partial charge is 0.355 e. The average Bonchev–Trinajstić information content (AvgIpc) is 3.20. The van der Waals surface area contributed by atoms with Crippen molar-refractivity contribution in [1.82, 2.24) is 5.32 Å². The molecule has 2 amide bonds. The molecule has 20 heavy (non-hydrogen) atoms. The molecule has 1 fully saturated rings. The minimum absolute atomic E-state index is 0.0711. The van der Waals surface area contributed by atoms with Crippen molar-refractivity contribution in [3.05, 3.63) is 16.0 Å². The van der Waals surface area contributed by atoms with Crippen molar-refractivity contribution in [1.29, 1.82) is 0 Å². The van der Waals surface area contributed by atoms with Crippen molar-refractivity contribution < 1.29 is 9.59 Å². The van der Waals surface area contributed by atoms with Gasteiger partial charge in [0.1, 0.15) is 5.00 Å². The van der Waals surface area contributed by atoms with Crippen LogP contribution >= 0.6 is 11.3 Å². The summed E-state index contributed by atoms with van der Waals surface area (Å²) in [5.41, 5.74) is 1.85. The van der Waals surface area contributed by atoms with Crippen molar-refractivity contribution in [3.63, 3.8) is 0 Å². The van der Waals surface area contributed by atoms with Crippen LogP contribution in [0.2, 0.25) is 0 Å². The maximum absolute atomic E-state index is 12.2. The van der Waals surface area contributed by atoms with E-state index in [2.05, 4.69) is 17.6 Å². The van der Waals surface area contributed by atoms with Gasteiger partial charge < -0.3 is 10.6 Å². The Morgan fingerprint density at radius 1 is 1.25 bits per heavy atom. The molecule has 0 spiro atoms. The Bertz CT molecular complexity index is 560. The summed E-state index contributed by atoms with van der Waals surface area (Å²) in [6, 6.07) is 0. The van der Waals surface area contributed by atoms with Crippen LogP contribution in [0.5, 0.6) is 0 Å². The topological polar surface area (TPSA) is 58.2 Å². The number of rotatable bonds is 3. The highest BCUT2D eigenvalue weighted by Crippen LogP contribution is 2.40. The number of carbonyl (C=O) groups excluding carboxylic acids is 2.